The maximum atomic E-state index is 5.82. The summed E-state index contributed by atoms with van der Waals surface area (Å²) in [5.41, 5.74) is 8.61. The highest BCUT2D eigenvalue weighted by molar-refractivity contribution is 7.18. The van der Waals surface area contributed by atoms with E-state index in [2.05, 4.69) is 16.0 Å². The third kappa shape index (κ3) is 3.04. The number of nitrogens with two attached hydrogens (primary N) is 1. The fourth-order valence-corrected chi connectivity index (χ4v) is 3.72. The second kappa shape index (κ2) is 5.98. The molecule has 23 heavy (non-hydrogen) atoms. The summed E-state index contributed by atoms with van der Waals surface area (Å²) in [5, 5.41) is 3.51. The molecule has 0 aliphatic carbocycles. The molecule has 114 valence electrons. The number of para-hydroxylation sites is 1. The monoisotopic (exact) mass is 339 g/mol. The van der Waals surface area contributed by atoms with Crippen LogP contribution in [0, 0.1) is 0 Å². The van der Waals surface area contributed by atoms with Gasteiger partial charge in [0.05, 0.1) is 15.9 Å². The zero-order chi connectivity index (χ0) is 15.6. The summed E-state index contributed by atoms with van der Waals surface area (Å²) in [7, 11) is 0. The molecule has 0 fully saturated rings. The average molecular weight is 339 g/mol. The molecule has 6 heteroatoms. The van der Waals surface area contributed by atoms with E-state index in [9.17, 15) is 0 Å². The molecular weight excluding hydrogens is 326 g/mol. The van der Waals surface area contributed by atoms with Gasteiger partial charge in [-0.2, -0.15) is 0 Å². The van der Waals surface area contributed by atoms with Crippen LogP contribution in [0.1, 0.15) is 5.01 Å². The van der Waals surface area contributed by atoms with Crippen LogP contribution in [-0.2, 0) is 6.61 Å². The Kier molecular flexibility index (Phi) is 3.69. The number of aromatic nitrogens is 2. The molecule has 2 aromatic heterocycles. The van der Waals surface area contributed by atoms with E-state index in [1.807, 2.05) is 47.8 Å². The van der Waals surface area contributed by atoms with Crippen LogP contribution in [0.2, 0.25) is 0 Å². The summed E-state index contributed by atoms with van der Waals surface area (Å²) in [6.45, 7) is 0.475. The van der Waals surface area contributed by atoms with E-state index in [-0.39, 0.29) is 0 Å². The topological polar surface area (TPSA) is 61.0 Å². The lowest BCUT2D eigenvalue weighted by Gasteiger charge is -2.04. The molecule has 0 atom stereocenters. The number of fused-ring (bicyclic) bond motifs is 1. The quantitative estimate of drug-likeness (QED) is 0.591. The summed E-state index contributed by atoms with van der Waals surface area (Å²) in [6.07, 6.45) is 0. The van der Waals surface area contributed by atoms with Crippen LogP contribution < -0.4 is 10.5 Å². The summed E-state index contributed by atoms with van der Waals surface area (Å²) >= 11 is 3.10. The largest absolute Gasteiger partial charge is 0.486 e. The van der Waals surface area contributed by atoms with Gasteiger partial charge in [0, 0.05) is 10.9 Å². The van der Waals surface area contributed by atoms with Crippen molar-refractivity contribution in [2.45, 2.75) is 6.61 Å². The van der Waals surface area contributed by atoms with Crippen molar-refractivity contribution >= 4 is 38.0 Å². The summed E-state index contributed by atoms with van der Waals surface area (Å²) in [6, 6.07) is 16.0. The number of hydrogen-bond acceptors (Lipinski definition) is 6. The number of ether oxygens (including phenoxy) is 1. The lowest BCUT2D eigenvalue weighted by atomic mass is 10.2. The second-order valence-electron chi connectivity index (χ2n) is 4.96. The lowest BCUT2D eigenvalue weighted by Crippen LogP contribution is -1.94. The number of nitrogens with zero attached hydrogens (tertiary/aromatic N) is 2. The molecule has 0 amide bonds. The van der Waals surface area contributed by atoms with Crippen LogP contribution in [-0.4, -0.2) is 9.97 Å². The van der Waals surface area contributed by atoms with Crippen molar-refractivity contribution in [2.24, 2.45) is 0 Å². The van der Waals surface area contributed by atoms with E-state index < -0.39 is 0 Å². The van der Waals surface area contributed by atoms with Gasteiger partial charge in [-0.25, -0.2) is 9.97 Å². The first-order valence-electron chi connectivity index (χ1n) is 7.06. The van der Waals surface area contributed by atoms with Crippen LogP contribution in [0.5, 0.6) is 5.75 Å². The van der Waals surface area contributed by atoms with Gasteiger partial charge in [0.2, 0.25) is 0 Å². The Labute approximate surface area is 141 Å². The van der Waals surface area contributed by atoms with Crippen molar-refractivity contribution in [2.75, 3.05) is 5.73 Å². The van der Waals surface area contributed by atoms with Gasteiger partial charge < -0.3 is 10.5 Å². The zero-order valence-electron chi connectivity index (χ0n) is 12.1. The fraction of sp³-hybridized carbons (Fsp3) is 0.0588. The number of nitrogen functional groups attached to an aromatic ring is 1. The number of thiazole rings is 2. The molecule has 0 aliphatic heterocycles. The number of benzene rings is 2. The van der Waals surface area contributed by atoms with Crippen LogP contribution in [0.3, 0.4) is 0 Å². The van der Waals surface area contributed by atoms with E-state index in [1.165, 1.54) is 16.0 Å². The highest BCUT2D eigenvalue weighted by Gasteiger charge is 2.05. The lowest BCUT2D eigenvalue weighted by molar-refractivity contribution is 0.306. The Morgan fingerprint density at radius 2 is 1.83 bits per heavy atom. The van der Waals surface area contributed by atoms with Crippen molar-refractivity contribution in [1.82, 2.24) is 9.97 Å². The first kappa shape index (κ1) is 14.2. The van der Waals surface area contributed by atoms with Gasteiger partial charge in [0.15, 0.2) is 5.13 Å². The zero-order valence-corrected chi connectivity index (χ0v) is 13.7. The van der Waals surface area contributed by atoms with E-state index in [4.69, 9.17) is 10.5 Å². The SMILES string of the molecule is Nc1nc(-c2ccc(OCc3nc4ccccc4s3)cc2)cs1. The maximum Gasteiger partial charge on any atom is 0.180 e. The minimum atomic E-state index is 0.475. The molecule has 0 saturated carbocycles. The Morgan fingerprint density at radius 1 is 1.00 bits per heavy atom. The predicted molar refractivity (Wildman–Crippen MR) is 95.9 cm³/mol. The van der Waals surface area contributed by atoms with E-state index in [0.29, 0.717) is 11.7 Å². The summed E-state index contributed by atoms with van der Waals surface area (Å²) in [4.78, 5) is 8.84. The molecule has 0 radical (unpaired) electrons. The molecule has 0 unspecified atom stereocenters. The highest BCUT2D eigenvalue weighted by atomic mass is 32.1. The normalized spacial score (nSPS) is 11.0. The van der Waals surface area contributed by atoms with Gasteiger partial charge in [-0.3, -0.25) is 0 Å². The molecule has 0 bridgehead atoms. The van der Waals surface area contributed by atoms with Gasteiger partial charge in [-0.1, -0.05) is 12.1 Å². The first-order valence-corrected chi connectivity index (χ1v) is 8.76. The molecular formula is C17H13N3OS2. The maximum absolute atomic E-state index is 5.82. The Hall–Kier alpha value is -2.44. The van der Waals surface area contributed by atoms with Gasteiger partial charge in [0.25, 0.3) is 0 Å². The van der Waals surface area contributed by atoms with Crippen LogP contribution in [0.4, 0.5) is 5.13 Å². The molecule has 4 aromatic rings. The minimum absolute atomic E-state index is 0.475. The highest BCUT2D eigenvalue weighted by Crippen LogP contribution is 2.26. The number of rotatable bonds is 4. The molecule has 2 heterocycles. The number of anilines is 1. The summed E-state index contributed by atoms with van der Waals surface area (Å²) < 4.78 is 7.01. The molecule has 2 aromatic carbocycles. The predicted octanol–water partition coefficient (Wildman–Crippen LogP) is 4.58. The van der Waals surface area contributed by atoms with Crippen molar-refractivity contribution in [3.05, 3.63) is 58.9 Å². The third-order valence-corrected chi connectivity index (χ3v) is 5.06. The van der Waals surface area contributed by atoms with Crippen molar-refractivity contribution in [3.8, 4) is 17.0 Å². The van der Waals surface area contributed by atoms with Gasteiger partial charge in [-0.15, -0.1) is 22.7 Å². The Morgan fingerprint density at radius 3 is 2.57 bits per heavy atom. The van der Waals surface area contributed by atoms with Gasteiger partial charge in [-0.05, 0) is 36.4 Å². The molecule has 4 rings (SSSR count). The molecule has 0 aliphatic rings. The Balaban J connectivity index is 1.46. The van der Waals surface area contributed by atoms with Gasteiger partial charge >= 0.3 is 0 Å². The smallest absolute Gasteiger partial charge is 0.180 e. The van der Waals surface area contributed by atoms with Crippen LogP contribution >= 0.6 is 22.7 Å². The molecule has 0 spiro atoms. The van der Waals surface area contributed by atoms with E-state index in [1.54, 1.807) is 11.3 Å². The van der Waals surface area contributed by atoms with Crippen molar-refractivity contribution < 1.29 is 4.74 Å². The molecule has 2 N–H and O–H groups in total. The van der Waals surface area contributed by atoms with Gasteiger partial charge in [0.1, 0.15) is 17.4 Å². The Bertz CT molecular complexity index is 911. The van der Waals surface area contributed by atoms with E-state index in [0.717, 1.165) is 27.5 Å². The minimum Gasteiger partial charge on any atom is -0.486 e. The second-order valence-corrected chi connectivity index (χ2v) is 6.96. The summed E-state index contributed by atoms with van der Waals surface area (Å²) in [5.74, 6) is 0.816. The molecule has 0 saturated heterocycles. The van der Waals surface area contributed by atoms with Crippen molar-refractivity contribution in [3.63, 3.8) is 0 Å². The third-order valence-electron chi connectivity index (χ3n) is 3.37. The standard InChI is InChI=1S/C17H13N3OS2/c18-17-20-14(10-22-17)11-5-7-12(8-6-11)21-9-16-19-13-3-1-2-4-15(13)23-16/h1-8,10H,9H2,(H2,18,20). The van der Waals surface area contributed by atoms with Crippen LogP contribution in [0.15, 0.2) is 53.9 Å². The molecule has 4 nitrogen and oxygen atoms in total. The van der Waals surface area contributed by atoms with E-state index >= 15 is 0 Å². The fourth-order valence-electron chi connectivity index (χ4n) is 2.27. The first-order chi connectivity index (χ1) is 11.3. The average Bonchev–Trinajstić information content (AvgIpc) is 3.19. The van der Waals surface area contributed by atoms with Crippen LogP contribution in [0.25, 0.3) is 21.5 Å². The number of hydrogen-bond donors (Lipinski definition) is 1. The van der Waals surface area contributed by atoms with Crippen molar-refractivity contribution in [1.29, 1.82) is 0 Å².